The van der Waals surface area contributed by atoms with E-state index in [0.717, 1.165) is 11.3 Å². The van der Waals surface area contributed by atoms with Gasteiger partial charge < -0.3 is 30.3 Å². The Labute approximate surface area is 215 Å². The summed E-state index contributed by atoms with van der Waals surface area (Å²) in [5, 5.41) is 17.6. The normalized spacial score (nSPS) is 22.8. The van der Waals surface area contributed by atoms with Gasteiger partial charge in [-0.1, -0.05) is 81.4 Å². The van der Waals surface area contributed by atoms with Crippen molar-refractivity contribution in [2.45, 2.75) is 45.6 Å². The molecule has 0 bridgehead atoms. The van der Waals surface area contributed by atoms with Crippen LogP contribution in [-0.2, 0) is 16.1 Å². The van der Waals surface area contributed by atoms with E-state index in [1.165, 1.54) is 5.56 Å². The number of β-amino-alcohol motifs (C(OH)–C–C–N with tert-alkyl or cyclic N) is 1. The van der Waals surface area contributed by atoms with Gasteiger partial charge in [0, 0.05) is 45.4 Å². The van der Waals surface area contributed by atoms with E-state index < -0.39 is 6.10 Å². The van der Waals surface area contributed by atoms with E-state index >= 15 is 0 Å². The SMILES string of the molecule is COCC(=O)N(C[C@@H]1CNC[C@H]1O)[C@@H](C1NC(c2ccccc2)=CN1Cc1ccccc1)C(C)(C)C. The number of nitrogens with zero attached hydrogens (tertiary/aromatic N) is 2. The summed E-state index contributed by atoms with van der Waals surface area (Å²) in [6.45, 7) is 8.96. The lowest BCUT2D eigenvalue weighted by Gasteiger charge is -2.47. The standard InChI is InChI=1S/C29H40N4O3/c1-29(2,3)27(33(26(35)20-36-4)18-23-15-30-16-25(23)34)28-31-24(22-13-9-6-10-14-22)19-32(28)17-21-11-7-5-8-12-21/h5-14,19,23,25,27-28,30-31,34H,15-18,20H2,1-4H3/t23-,25+,27-,28?/m0/s1. The van der Waals surface area contributed by atoms with Crippen LogP contribution < -0.4 is 10.6 Å². The number of nitrogens with one attached hydrogen (secondary N) is 2. The molecule has 2 heterocycles. The fraction of sp³-hybridized carbons (Fsp3) is 0.483. The molecule has 4 atom stereocenters. The van der Waals surface area contributed by atoms with Crippen molar-refractivity contribution in [1.82, 2.24) is 20.4 Å². The third-order valence-corrected chi connectivity index (χ3v) is 7.09. The van der Waals surface area contributed by atoms with Crippen molar-refractivity contribution in [2.75, 3.05) is 33.4 Å². The molecule has 2 aliphatic heterocycles. The van der Waals surface area contributed by atoms with Crippen molar-refractivity contribution < 1.29 is 14.6 Å². The highest BCUT2D eigenvalue weighted by Gasteiger charge is 2.45. The minimum atomic E-state index is -0.474. The second kappa shape index (κ2) is 11.5. The summed E-state index contributed by atoms with van der Waals surface area (Å²) in [6, 6.07) is 20.5. The molecule has 1 amide bonds. The first-order valence-corrected chi connectivity index (χ1v) is 12.8. The summed E-state index contributed by atoms with van der Waals surface area (Å²) in [4.78, 5) is 17.8. The smallest absolute Gasteiger partial charge is 0.248 e. The van der Waals surface area contributed by atoms with Crippen molar-refractivity contribution in [3.63, 3.8) is 0 Å². The van der Waals surface area contributed by atoms with Gasteiger partial charge in [-0.3, -0.25) is 4.79 Å². The minimum Gasteiger partial charge on any atom is -0.391 e. The van der Waals surface area contributed by atoms with Crippen LogP contribution in [0.15, 0.2) is 66.9 Å². The summed E-state index contributed by atoms with van der Waals surface area (Å²) in [7, 11) is 1.55. The monoisotopic (exact) mass is 492 g/mol. The molecule has 0 saturated carbocycles. The number of aliphatic hydroxyl groups is 1. The van der Waals surface area contributed by atoms with Crippen molar-refractivity contribution >= 4 is 11.6 Å². The quantitative estimate of drug-likeness (QED) is 0.500. The Bertz CT molecular complexity index is 1020. The summed E-state index contributed by atoms with van der Waals surface area (Å²) in [6.07, 6.45) is 1.54. The van der Waals surface area contributed by atoms with Gasteiger partial charge in [0.15, 0.2) is 0 Å². The van der Waals surface area contributed by atoms with Gasteiger partial charge in [-0.2, -0.15) is 0 Å². The summed E-state index contributed by atoms with van der Waals surface area (Å²) >= 11 is 0. The molecule has 1 unspecified atom stereocenters. The minimum absolute atomic E-state index is 0.00714. The fourth-order valence-corrected chi connectivity index (χ4v) is 5.35. The molecular weight excluding hydrogens is 452 g/mol. The van der Waals surface area contributed by atoms with Gasteiger partial charge in [0.2, 0.25) is 5.91 Å². The van der Waals surface area contributed by atoms with Crippen molar-refractivity contribution in [3.8, 4) is 0 Å². The number of carbonyl (C=O) groups is 1. The molecule has 36 heavy (non-hydrogen) atoms. The van der Waals surface area contributed by atoms with E-state index in [1.54, 1.807) is 7.11 Å². The van der Waals surface area contributed by atoms with Crippen LogP contribution in [0.2, 0.25) is 0 Å². The van der Waals surface area contributed by atoms with E-state index in [1.807, 2.05) is 29.2 Å². The lowest BCUT2D eigenvalue weighted by atomic mass is 9.82. The van der Waals surface area contributed by atoms with Crippen molar-refractivity contribution in [1.29, 1.82) is 0 Å². The van der Waals surface area contributed by atoms with Crippen LogP contribution in [0.25, 0.3) is 5.70 Å². The maximum absolute atomic E-state index is 13.5. The molecule has 2 aliphatic rings. The number of ether oxygens (including phenoxy) is 1. The number of amides is 1. The fourth-order valence-electron chi connectivity index (χ4n) is 5.35. The van der Waals surface area contributed by atoms with Gasteiger partial charge in [0.1, 0.15) is 12.8 Å². The van der Waals surface area contributed by atoms with Gasteiger partial charge in [-0.25, -0.2) is 0 Å². The maximum Gasteiger partial charge on any atom is 0.248 e. The molecule has 0 aromatic heterocycles. The lowest BCUT2D eigenvalue weighted by Crippen LogP contribution is -2.62. The number of aliphatic hydroxyl groups excluding tert-OH is 1. The predicted molar refractivity (Wildman–Crippen MR) is 143 cm³/mol. The molecule has 2 aromatic rings. The largest absolute Gasteiger partial charge is 0.391 e. The maximum atomic E-state index is 13.5. The first-order chi connectivity index (χ1) is 17.3. The molecule has 0 spiro atoms. The molecule has 3 N–H and O–H groups in total. The predicted octanol–water partition coefficient (Wildman–Crippen LogP) is 2.89. The highest BCUT2D eigenvalue weighted by Crippen LogP contribution is 2.35. The summed E-state index contributed by atoms with van der Waals surface area (Å²) in [5.41, 5.74) is 3.09. The van der Waals surface area contributed by atoms with E-state index in [0.29, 0.717) is 26.2 Å². The van der Waals surface area contributed by atoms with Crippen LogP contribution in [0.5, 0.6) is 0 Å². The van der Waals surface area contributed by atoms with Crippen LogP contribution in [0, 0.1) is 11.3 Å². The molecular formula is C29H40N4O3. The Morgan fingerprint density at radius 3 is 2.36 bits per heavy atom. The number of methoxy groups -OCH3 is 1. The summed E-state index contributed by atoms with van der Waals surface area (Å²) in [5.74, 6) is -0.0904. The molecule has 0 aliphatic carbocycles. The van der Waals surface area contributed by atoms with E-state index in [9.17, 15) is 9.90 Å². The zero-order valence-electron chi connectivity index (χ0n) is 21.9. The number of hydrogen-bond acceptors (Lipinski definition) is 6. The Morgan fingerprint density at radius 1 is 1.11 bits per heavy atom. The summed E-state index contributed by atoms with van der Waals surface area (Å²) < 4.78 is 5.30. The van der Waals surface area contributed by atoms with Gasteiger partial charge >= 0.3 is 0 Å². The van der Waals surface area contributed by atoms with Crippen molar-refractivity contribution in [3.05, 3.63) is 78.0 Å². The second-order valence-electron chi connectivity index (χ2n) is 10.9. The average molecular weight is 493 g/mol. The van der Waals surface area contributed by atoms with Crippen molar-refractivity contribution in [2.24, 2.45) is 11.3 Å². The molecule has 7 heteroatoms. The molecule has 1 saturated heterocycles. The Hall–Kier alpha value is -2.87. The molecule has 2 aromatic carbocycles. The molecule has 7 nitrogen and oxygen atoms in total. The number of benzene rings is 2. The van der Waals surface area contributed by atoms with E-state index in [2.05, 4.69) is 78.9 Å². The van der Waals surface area contributed by atoms with Crippen LogP contribution in [0.4, 0.5) is 0 Å². The lowest BCUT2D eigenvalue weighted by molar-refractivity contribution is -0.143. The second-order valence-corrected chi connectivity index (χ2v) is 10.9. The molecule has 4 rings (SSSR count). The molecule has 1 fully saturated rings. The first-order valence-electron chi connectivity index (χ1n) is 12.8. The molecule has 0 radical (unpaired) electrons. The highest BCUT2D eigenvalue weighted by atomic mass is 16.5. The van der Waals surface area contributed by atoms with Crippen LogP contribution in [-0.4, -0.2) is 72.5 Å². The Kier molecular flexibility index (Phi) is 8.34. The number of rotatable bonds is 9. The van der Waals surface area contributed by atoms with E-state index in [4.69, 9.17) is 4.74 Å². The average Bonchev–Trinajstić information content (AvgIpc) is 3.45. The van der Waals surface area contributed by atoms with Crippen LogP contribution >= 0.6 is 0 Å². The van der Waals surface area contributed by atoms with Gasteiger partial charge in [0.05, 0.1) is 17.8 Å². The third-order valence-electron chi connectivity index (χ3n) is 7.09. The van der Waals surface area contributed by atoms with Gasteiger partial charge in [-0.05, 0) is 16.5 Å². The highest BCUT2D eigenvalue weighted by molar-refractivity contribution is 5.78. The number of carbonyl (C=O) groups excluding carboxylic acids is 1. The Morgan fingerprint density at radius 2 is 1.78 bits per heavy atom. The van der Waals surface area contributed by atoms with Crippen LogP contribution in [0.3, 0.4) is 0 Å². The number of hydrogen-bond donors (Lipinski definition) is 3. The zero-order valence-corrected chi connectivity index (χ0v) is 21.9. The topological polar surface area (TPSA) is 77.1 Å². The zero-order chi connectivity index (χ0) is 25.7. The van der Waals surface area contributed by atoms with Gasteiger partial charge in [0.25, 0.3) is 0 Å². The molecule has 194 valence electrons. The first kappa shape index (κ1) is 26.2. The van der Waals surface area contributed by atoms with Crippen LogP contribution in [0.1, 0.15) is 31.9 Å². The van der Waals surface area contributed by atoms with Gasteiger partial charge in [-0.15, -0.1) is 0 Å². The van der Waals surface area contributed by atoms with E-state index in [-0.39, 0.29) is 36.1 Å². The third kappa shape index (κ3) is 6.09. The Balaban J connectivity index is 1.71.